The SMILES string of the molecule is Cc1ccccc1N=C1S[C@@H](CC(=O)Nc2ccccc2)C(=O)N1C[C@H]1CCCO1. The molecule has 4 rings (SSSR count). The lowest BCUT2D eigenvalue weighted by Gasteiger charge is -2.20. The van der Waals surface area contributed by atoms with Crippen LogP contribution < -0.4 is 5.32 Å². The first kappa shape index (κ1) is 20.6. The van der Waals surface area contributed by atoms with Crippen LogP contribution in [0.1, 0.15) is 24.8 Å². The van der Waals surface area contributed by atoms with Crippen molar-refractivity contribution in [1.82, 2.24) is 4.90 Å². The zero-order valence-electron chi connectivity index (χ0n) is 16.9. The number of carbonyl (C=O) groups is 2. The summed E-state index contributed by atoms with van der Waals surface area (Å²) in [7, 11) is 0. The second kappa shape index (κ2) is 9.45. The molecule has 2 heterocycles. The van der Waals surface area contributed by atoms with E-state index in [0.29, 0.717) is 11.7 Å². The number of thioether (sulfide) groups is 1. The van der Waals surface area contributed by atoms with Crippen molar-refractivity contribution < 1.29 is 14.3 Å². The molecule has 2 aliphatic rings. The highest BCUT2D eigenvalue weighted by Gasteiger charge is 2.40. The first-order valence-corrected chi connectivity index (χ1v) is 11.1. The van der Waals surface area contributed by atoms with Crippen molar-refractivity contribution in [2.24, 2.45) is 4.99 Å². The summed E-state index contributed by atoms with van der Waals surface area (Å²) >= 11 is 1.36. The Balaban J connectivity index is 1.51. The van der Waals surface area contributed by atoms with Gasteiger partial charge in [0.2, 0.25) is 11.8 Å². The summed E-state index contributed by atoms with van der Waals surface area (Å²) in [6.45, 7) is 3.20. The molecule has 0 spiro atoms. The molecule has 2 aromatic carbocycles. The number of amides is 2. The van der Waals surface area contributed by atoms with E-state index in [1.165, 1.54) is 11.8 Å². The van der Waals surface area contributed by atoms with Crippen molar-refractivity contribution in [3.05, 3.63) is 60.2 Å². The van der Waals surface area contributed by atoms with Crippen LogP contribution in [0.5, 0.6) is 0 Å². The lowest BCUT2D eigenvalue weighted by molar-refractivity contribution is -0.129. The topological polar surface area (TPSA) is 71.0 Å². The number of ether oxygens (including phenoxy) is 1. The smallest absolute Gasteiger partial charge is 0.242 e. The summed E-state index contributed by atoms with van der Waals surface area (Å²) in [4.78, 5) is 32.2. The molecule has 0 saturated carbocycles. The van der Waals surface area contributed by atoms with Crippen molar-refractivity contribution in [2.45, 2.75) is 37.5 Å². The number of nitrogens with one attached hydrogen (secondary N) is 1. The Hall–Kier alpha value is -2.64. The molecule has 2 saturated heterocycles. The monoisotopic (exact) mass is 423 g/mol. The van der Waals surface area contributed by atoms with E-state index in [4.69, 9.17) is 9.73 Å². The van der Waals surface area contributed by atoms with Crippen LogP contribution in [0, 0.1) is 6.92 Å². The fraction of sp³-hybridized carbons (Fsp3) is 0.348. The molecule has 1 N–H and O–H groups in total. The van der Waals surface area contributed by atoms with Gasteiger partial charge in [0.15, 0.2) is 5.17 Å². The zero-order chi connectivity index (χ0) is 20.9. The molecular weight excluding hydrogens is 398 g/mol. The summed E-state index contributed by atoms with van der Waals surface area (Å²) in [5.41, 5.74) is 2.60. The molecule has 2 amide bonds. The number of anilines is 1. The van der Waals surface area contributed by atoms with Crippen LogP contribution in [0.4, 0.5) is 11.4 Å². The molecule has 2 atom stereocenters. The van der Waals surface area contributed by atoms with Gasteiger partial charge in [-0.05, 0) is 43.5 Å². The number of amidine groups is 1. The third-order valence-electron chi connectivity index (χ3n) is 5.19. The molecule has 156 valence electrons. The van der Waals surface area contributed by atoms with Crippen molar-refractivity contribution in [3.8, 4) is 0 Å². The number of benzene rings is 2. The van der Waals surface area contributed by atoms with Gasteiger partial charge in [-0.3, -0.25) is 14.5 Å². The first-order valence-electron chi connectivity index (χ1n) is 10.2. The normalized spacial score (nSPS) is 22.6. The molecule has 0 radical (unpaired) electrons. The van der Waals surface area contributed by atoms with E-state index in [1.807, 2.05) is 61.5 Å². The number of aliphatic imine (C=N–C) groups is 1. The van der Waals surface area contributed by atoms with E-state index < -0.39 is 5.25 Å². The highest BCUT2D eigenvalue weighted by atomic mass is 32.2. The Labute approximate surface area is 180 Å². The number of nitrogens with zero attached hydrogens (tertiary/aromatic N) is 2. The van der Waals surface area contributed by atoms with E-state index in [0.717, 1.165) is 36.4 Å². The molecule has 6 nitrogen and oxygen atoms in total. The molecule has 0 aliphatic carbocycles. The fourth-order valence-electron chi connectivity index (χ4n) is 3.58. The summed E-state index contributed by atoms with van der Waals surface area (Å²) in [5, 5.41) is 3.02. The number of hydrogen-bond donors (Lipinski definition) is 1. The molecule has 0 bridgehead atoms. The molecule has 30 heavy (non-hydrogen) atoms. The minimum Gasteiger partial charge on any atom is -0.376 e. The summed E-state index contributed by atoms with van der Waals surface area (Å²) in [5.74, 6) is -0.257. The van der Waals surface area contributed by atoms with Gasteiger partial charge in [-0.15, -0.1) is 0 Å². The molecule has 7 heteroatoms. The van der Waals surface area contributed by atoms with Gasteiger partial charge in [0.05, 0.1) is 18.3 Å². The van der Waals surface area contributed by atoms with Gasteiger partial charge >= 0.3 is 0 Å². The summed E-state index contributed by atoms with van der Waals surface area (Å²) in [6, 6.07) is 17.1. The Morgan fingerprint density at radius 3 is 2.70 bits per heavy atom. The van der Waals surface area contributed by atoms with Crippen molar-refractivity contribution >= 4 is 40.1 Å². The fourth-order valence-corrected chi connectivity index (χ4v) is 4.74. The van der Waals surface area contributed by atoms with Gasteiger partial charge in [-0.1, -0.05) is 48.2 Å². The summed E-state index contributed by atoms with van der Waals surface area (Å²) < 4.78 is 5.74. The molecule has 0 aromatic heterocycles. The van der Waals surface area contributed by atoms with E-state index in [-0.39, 0.29) is 24.3 Å². The van der Waals surface area contributed by atoms with Gasteiger partial charge in [-0.2, -0.15) is 0 Å². The standard InChI is InChI=1S/C23H25N3O3S/c1-16-8-5-6-12-19(16)25-23-26(15-18-11-7-13-29-18)22(28)20(30-23)14-21(27)24-17-9-3-2-4-10-17/h2-6,8-10,12,18,20H,7,11,13-15H2,1H3,(H,24,27)/t18-,20+/m1/s1. The molecular formula is C23H25N3O3S. The first-order chi connectivity index (χ1) is 14.6. The van der Waals surface area contributed by atoms with E-state index in [2.05, 4.69) is 5.32 Å². The Morgan fingerprint density at radius 1 is 1.20 bits per heavy atom. The average molecular weight is 424 g/mol. The number of hydrogen-bond acceptors (Lipinski definition) is 5. The highest BCUT2D eigenvalue weighted by Crippen LogP contribution is 2.33. The second-order valence-corrected chi connectivity index (χ2v) is 8.66. The second-order valence-electron chi connectivity index (χ2n) is 7.49. The average Bonchev–Trinajstić information content (AvgIpc) is 3.35. The maximum Gasteiger partial charge on any atom is 0.242 e. The van der Waals surface area contributed by atoms with Crippen LogP contribution in [-0.4, -0.2) is 46.4 Å². The Kier molecular flexibility index (Phi) is 6.50. The predicted octanol–water partition coefficient (Wildman–Crippen LogP) is 4.13. The third kappa shape index (κ3) is 4.91. The van der Waals surface area contributed by atoms with Crippen LogP contribution >= 0.6 is 11.8 Å². The van der Waals surface area contributed by atoms with Crippen LogP contribution in [-0.2, 0) is 14.3 Å². The van der Waals surface area contributed by atoms with Crippen LogP contribution in [0.25, 0.3) is 0 Å². The van der Waals surface area contributed by atoms with Crippen LogP contribution in [0.2, 0.25) is 0 Å². The minimum absolute atomic E-state index is 0.0218. The van der Waals surface area contributed by atoms with Gasteiger partial charge < -0.3 is 10.1 Å². The maximum absolute atomic E-state index is 13.2. The zero-order valence-corrected chi connectivity index (χ0v) is 17.7. The molecule has 2 fully saturated rings. The Bertz CT molecular complexity index is 942. The van der Waals surface area contributed by atoms with Gasteiger partial charge in [0.1, 0.15) is 5.25 Å². The Morgan fingerprint density at radius 2 is 1.97 bits per heavy atom. The van der Waals surface area contributed by atoms with Crippen LogP contribution in [0.15, 0.2) is 59.6 Å². The molecule has 0 unspecified atom stereocenters. The lowest BCUT2D eigenvalue weighted by atomic mass is 10.2. The lowest BCUT2D eigenvalue weighted by Crippen LogP contribution is -2.38. The van der Waals surface area contributed by atoms with E-state index in [9.17, 15) is 9.59 Å². The van der Waals surface area contributed by atoms with E-state index in [1.54, 1.807) is 4.90 Å². The largest absolute Gasteiger partial charge is 0.376 e. The predicted molar refractivity (Wildman–Crippen MR) is 120 cm³/mol. The molecule has 2 aromatic rings. The van der Waals surface area contributed by atoms with Crippen molar-refractivity contribution in [3.63, 3.8) is 0 Å². The van der Waals surface area contributed by atoms with Gasteiger partial charge in [-0.25, -0.2) is 4.99 Å². The summed E-state index contributed by atoms with van der Waals surface area (Å²) in [6.07, 6.45) is 2.07. The number of carbonyl (C=O) groups excluding carboxylic acids is 2. The van der Waals surface area contributed by atoms with E-state index >= 15 is 0 Å². The van der Waals surface area contributed by atoms with Crippen LogP contribution in [0.3, 0.4) is 0 Å². The number of rotatable bonds is 6. The maximum atomic E-state index is 13.2. The highest BCUT2D eigenvalue weighted by molar-refractivity contribution is 8.15. The van der Waals surface area contributed by atoms with Crippen molar-refractivity contribution in [2.75, 3.05) is 18.5 Å². The van der Waals surface area contributed by atoms with Gasteiger partial charge in [0, 0.05) is 18.7 Å². The third-order valence-corrected chi connectivity index (χ3v) is 6.37. The minimum atomic E-state index is -0.488. The number of para-hydroxylation sites is 2. The molecule has 2 aliphatic heterocycles. The van der Waals surface area contributed by atoms with Crippen molar-refractivity contribution in [1.29, 1.82) is 0 Å². The number of aryl methyl sites for hydroxylation is 1. The van der Waals surface area contributed by atoms with Gasteiger partial charge in [0.25, 0.3) is 0 Å². The quantitative estimate of drug-likeness (QED) is 0.758.